The maximum atomic E-state index is 13.1. The fourth-order valence-corrected chi connectivity index (χ4v) is 4.39. The number of rotatable bonds is 3. The average Bonchev–Trinajstić information content (AvgIpc) is 2.60. The largest absolute Gasteiger partial charge is 0.468 e. The van der Waals surface area contributed by atoms with Gasteiger partial charge in [0.15, 0.2) is 0 Å². The number of halogens is 1. The molecule has 24 heavy (non-hydrogen) atoms. The van der Waals surface area contributed by atoms with Crippen LogP contribution >= 0.6 is 0 Å². The number of esters is 1. The molecule has 0 N–H and O–H groups in total. The van der Waals surface area contributed by atoms with Crippen molar-refractivity contribution in [1.82, 2.24) is 4.31 Å². The van der Waals surface area contributed by atoms with E-state index >= 15 is 0 Å². The molecule has 2 aromatic rings. The van der Waals surface area contributed by atoms with Crippen molar-refractivity contribution in [3.8, 4) is 0 Å². The topological polar surface area (TPSA) is 63.7 Å². The summed E-state index contributed by atoms with van der Waals surface area (Å²) in [7, 11) is -2.73. The highest BCUT2D eigenvalue weighted by atomic mass is 32.2. The molecule has 3 rings (SSSR count). The molecule has 0 aromatic heterocycles. The lowest BCUT2D eigenvalue weighted by Gasteiger charge is -2.34. The number of ether oxygens (including phenoxy) is 1. The van der Waals surface area contributed by atoms with Crippen LogP contribution < -0.4 is 0 Å². The van der Waals surface area contributed by atoms with Crippen molar-refractivity contribution < 1.29 is 22.3 Å². The van der Waals surface area contributed by atoms with Gasteiger partial charge >= 0.3 is 5.97 Å². The highest BCUT2D eigenvalue weighted by Gasteiger charge is 2.40. The van der Waals surface area contributed by atoms with Crippen LogP contribution in [0.25, 0.3) is 0 Å². The molecular weight excluding hydrogens is 333 g/mol. The van der Waals surface area contributed by atoms with Crippen molar-refractivity contribution in [1.29, 1.82) is 0 Å². The van der Waals surface area contributed by atoms with E-state index in [2.05, 4.69) is 0 Å². The van der Waals surface area contributed by atoms with Crippen LogP contribution in [0.3, 0.4) is 0 Å². The highest BCUT2D eigenvalue weighted by Crippen LogP contribution is 2.29. The number of sulfonamides is 1. The van der Waals surface area contributed by atoms with Gasteiger partial charge in [-0.15, -0.1) is 0 Å². The Kier molecular flexibility index (Phi) is 4.38. The van der Waals surface area contributed by atoms with Gasteiger partial charge in [-0.3, -0.25) is 4.79 Å². The summed E-state index contributed by atoms with van der Waals surface area (Å²) in [5.74, 6) is -1.14. The second-order valence-corrected chi connectivity index (χ2v) is 7.41. The first-order valence-corrected chi connectivity index (χ1v) is 8.79. The van der Waals surface area contributed by atoms with Gasteiger partial charge < -0.3 is 4.74 Å². The number of methoxy groups -OCH3 is 1. The number of hydrogen-bond donors (Lipinski definition) is 0. The molecule has 0 radical (unpaired) electrons. The third-order valence-corrected chi connectivity index (χ3v) is 5.97. The van der Waals surface area contributed by atoms with Crippen LogP contribution in [0.5, 0.6) is 0 Å². The number of benzene rings is 2. The third-order valence-electron chi connectivity index (χ3n) is 4.10. The van der Waals surface area contributed by atoms with Crippen LogP contribution in [0.15, 0.2) is 53.4 Å². The van der Waals surface area contributed by atoms with E-state index in [4.69, 9.17) is 4.74 Å². The molecule has 0 saturated carbocycles. The van der Waals surface area contributed by atoms with Gasteiger partial charge in [0.1, 0.15) is 11.9 Å². The maximum absolute atomic E-state index is 13.1. The molecular formula is C17H16FNO4S. The summed E-state index contributed by atoms with van der Waals surface area (Å²) < 4.78 is 44.9. The summed E-state index contributed by atoms with van der Waals surface area (Å²) in [4.78, 5) is 12.1. The molecule has 1 heterocycles. The monoisotopic (exact) mass is 349 g/mol. The van der Waals surface area contributed by atoms with Crippen molar-refractivity contribution in [2.45, 2.75) is 23.9 Å². The number of carbonyl (C=O) groups is 1. The lowest BCUT2D eigenvalue weighted by Crippen LogP contribution is -2.48. The molecule has 0 saturated heterocycles. The predicted octanol–water partition coefficient (Wildman–Crippen LogP) is 2.11. The third kappa shape index (κ3) is 2.92. The Labute approximate surface area is 139 Å². The molecule has 2 aromatic carbocycles. The fourth-order valence-electron chi connectivity index (χ4n) is 2.83. The van der Waals surface area contributed by atoms with E-state index in [1.54, 1.807) is 0 Å². The SMILES string of the molecule is COC(=O)[C@@H]1Cc2ccccc2CN1S(=O)(=O)c1ccc(F)cc1. The van der Waals surface area contributed by atoms with Gasteiger partial charge in [0.25, 0.3) is 0 Å². The summed E-state index contributed by atoms with van der Waals surface area (Å²) in [6, 6.07) is 11.0. The summed E-state index contributed by atoms with van der Waals surface area (Å²) in [5, 5.41) is 0. The van der Waals surface area contributed by atoms with Crippen LogP contribution in [-0.4, -0.2) is 31.8 Å². The summed E-state index contributed by atoms with van der Waals surface area (Å²) >= 11 is 0. The second-order valence-electron chi connectivity index (χ2n) is 5.52. The Bertz CT molecular complexity index is 864. The van der Waals surface area contributed by atoms with Gasteiger partial charge in [-0.25, -0.2) is 12.8 Å². The molecule has 7 heteroatoms. The first kappa shape index (κ1) is 16.6. The van der Waals surface area contributed by atoms with Crippen LogP contribution in [0.2, 0.25) is 0 Å². The van der Waals surface area contributed by atoms with E-state index in [1.807, 2.05) is 24.3 Å². The van der Waals surface area contributed by atoms with Gasteiger partial charge in [-0.1, -0.05) is 24.3 Å². The van der Waals surface area contributed by atoms with Gasteiger partial charge in [0, 0.05) is 13.0 Å². The minimum atomic E-state index is -3.96. The number of nitrogens with zero attached hydrogens (tertiary/aromatic N) is 1. The molecule has 1 atom stereocenters. The lowest BCUT2D eigenvalue weighted by molar-refractivity contribution is -0.145. The highest BCUT2D eigenvalue weighted by molar-refractivity contribution is 7.89. The molecule has 0 spiro atoms. The Morgan fingerprint density at radius 2 is 1.75 bits per heavy atom. The predicted molar refractivity (Wildman–Crippen MR) is 85.1 cm³/mol. The zero-order chi connectivity index (χ0) is 17.3. The first-order chi connectivity index (χ1) is 11.4. The van der Waals surface area contributed by atoms with E-state index < -0.39 is 27.9 Å². The van der Waals surface area contributed by atoms with Gasteiger partial charge in [-0.05, 0) is 35.4 Å². The Balaban J connectivity index is 2.05. The number of fused-ring (bicyclic) bond motifs is 1. The Morgan fingerprint density at radius 3 is 2.38 bits per heavy atom. The van der Waals surface area contributed by atoms with Crippen molar-refractivity contribution in [2.75, 3.05) is 7.11 Å². The molecule has 5 nitrogen and oxygen atoms in total. The van der Waals surface area contributed by atoms with Gasteiger partial charge in [0.2, 0.25) is 10.0 Å². The molecule has 0 bridgehead atoms. The fraction of sp³-hybridized carbons (Fsp3) is 0.235. The zero-order valence-electron chi connectivity index (χ0n) is 13.0. The van der Waals surface area contributed by atoms with Crippen LogP contribution in [0.1, 0.15) is 11.1 Å². The van der Waals surface area contributed by atoms with Crippen LogP contribution in [0, 0.1) is 5.82 Å². The Morgan fingerprint density at radius 1 is 1.12 bits per heavy atom. The van der Waals surface area contributed by atoms with Crippen molar-refractivity contribution in [3.63, 3.8) is 0 Å². The van der Waals surface area contributed by atoms with Crippen molar-refractivity contribution in [3.05, 3.63) is 65.5 Å². The van der Waals surface area contributed by atoms with E-state index in [0.717, 1.165) is 27.6 Å². The van der Waals surface area contributed by atoms with Crippen molar-refractivity contribution >= 4 is 16.0 Å². The zero-order valence-corrected chi connectivity index (χ0v) is 13.8. The van der Waals surface area contributed by atoms with Crippen LogP contribution in [-0.2, 0) is 32.5 Å². The second kappa shape index (κ2) is 6.33. The van der Waals surface area contributed by atoms with Gasteiger partial charge in [0.05, 0.1) is 12.0 Å². The Hall–Kier alpha value is -2.25. The minimum absolute atomic E-state index is 0.0582. The summed E-state index contributed by atoms with van der Waals surface area (Å²) in [6.45, 7) is 0.0651. The van der Waals surface area contributed by atoms with E-state index in [-0.39, 0.29) is 17.9 Å². The van der Waals surface area contributed by atoms with Gasteiger partial charge in [-0.2, -0.15) is 4.31 Å². The first-order valence-electron chi connectivity index (χ1n) is 7.35. The van der Waals surface area contributed by atoms with Crippen molar-refractivity contribution in [2.24, 2.45) is 0 Å². The normalized spacial score (nSPS) is 18.0. The van der Waals surface area contributed by atoms with E-state index in [9.17, 15) is 17.6 Å². The van der Waals surface area contributed by atoms with Crippen LogP contribution in [0.4, 0.5) is 4.39 Å². The van der Waals surface area contributed by atoms with E-state index in [0.29, 0.717) is 0 Å². The molecule has 0 fully saturated rings. The number of hydrogen-bond acceptors (Lipinski definition) is 4. The minimum Gasteiger partial charge on any atom is -0.468 e. The quantitative estimate of drug-likeness (QED) is 0.796. The molecule has 0 unspecified atom stereocenters. The summed E-state index contributed by atoms with van der Waals surface area (Å²) in [5.41, 5.74) is 1.75. The number of carbonyl (C=O) groups excluding carboxylic acids is 1. The summed E-state index contributed by atoms with van der Waals surface area (Å²) in [6.07, 6.45) is 0.239. The van der Waals surface area contributed by atoms with E-state index in [1.165, 1.54) is 19.2 Å². The average molecular weight is 349 g/mol. The standard InChI is InChI=1S/C17H16FNO4S/c1-23-17(20)16-10-12-4-2-3-5-13(12)11-19(16)24(21,22)15-8-6-14(18)7-9-15/h2-9,16H,10-11H2,1H3/t16-/m0/s1. The maximum Gasteiger partial charge on any atom is 0.324 e. The molecule has 0 aliphatic carbocycles. The molecule has 1 aliphatic rings. The lowest BCUT2D eigenvalue weighted by atomic mass is 9.96. The molecule has 126 valence electrons. The smallest absolute Gasteiger partial charge is 0.324 e. The molecule has 1 aliphatic heterocycles. The molecule has 0 amide bonds.